The molecule has 0 aliphatic rings. The van der Waals surface area contributed by atoms with Crippen molar-refractivity contribution in [3.05, 3.63) is 35.6 Å². The number of benzene rings is 1. The molecule has 0 N–H and O–H groups in total. The molecular weight excluding hydrogens is 258 g/mol. The van der Waals surface area contributed by atoms with Gasteiger partial charge in [-0.15, -0.1) is 10.2 Å². The van der Waals surface area contributed by atoms with Crippen LogP contribution in [0.1, 0.15) is 39.7 Å². The number of hydrogen-bond acceptors (Lipinski definition) is 2. The number of hydrogen-bond donors (Lipinski definition) is 0. The van der Waals surface area contributed by atoms with Gasteiger partial charge in [-0.25, -0.2) is 0 Å². The summed E-state index contributed by atoms with van der Waals surface area (Å²) in [4.78, 5) is 0. The first kappa shape index (κ1) is 14.1. The Labute approximate surface area is 119 Å². The molecule has 1 unspecified atom stereocenters. The fourth-order valence-electron chi connectivity index (χ4n) is 2.60. The Morgan fingerprint density at radius 1 is 1.11 bits per heavy atom. The average Bonchev–Trinajstić information content (AvgIpc) is 2.83. The summed E-state index contributed by atoms with van der Waals surface area (Å²) < 4.78 is 2.05. The molecule has 0 saturated carbocycles. The van der Waals surface area contributed by atoms with E-state index in [4.69, 9.17) is 11.6 Å². The van der Waals surface area contributed by atoms with E-state index in [2.05, 4.69) is 35.5 Å². The van der Waals surface area contributed by atoms with Crippen LogP contribution >= 0.6 is 11.6 Å². The first-order chi connectivity index (χ1) is 9.19. The van der Waals surface area contributed by atoms with Gasteiger partial charge >= 0.3 is 0 Å². The predicted octanol–water partition coefficient (Wildman–Crippen LogP) is 4.60. The average molecular weight is 278 g/mol. The van der Waals surface area contributed by atoms with Gasteiger partial charge in [-0.05, 0) is 24.4 Å². The number of halogens is 1. The maximum Gasteiger partial charge on any atom is 0.225 e. The lowest BCUT2D eigenvalue weighted by Crippen LogP contribution is -2.16. The van der Waals surface area contributed by atoms with Gasteiger partial charge in [-0.1, -0.05) is 57.0 Å². The molecule has 0 aliphatic heterocycles. The van der Waals surface area contributed by atoms with Crippen LogP contribution in [0, 0.1) is 5.92 Å². The molecule has 2 aromatic rings. The van der Waals surface area contributed by atoms with E-state index in [1.54, 1.807) is 0 Å². The van der Waals surface area contributed by atoms with Gasteiger partial charge < -0.3 is 0 Å². The summed E-state index contributed by atoms with van der Waals surface area (Å²) in [6.07, 6.45) is 2.25. The summed E-state index contributed by atoms with van der Waals surface area (Å²) in [6.45, 7) is 6.62. The largest absolute Gasteiger partial charge is 0.295 e. The normalized spacial score (nSPS) is 12.9. The molecule has 4 heteroatoms. The van der Waals surface area contributed by atoms with Gasteiger partial charge in [0.05, 0.1) is 0 Å². The van der Waals surface area contributed by atoms with Crippen molar-refractivity contribution >= 4 is 11.6 Å². The van der Waals surface area contributed by atoms with E-state index in [0.717, 1.165) is 24.2 Å². The van der Waals surface area contributed by atoms with E-state index >= 15 is 0 Å². The van der Waals surface area contributed by atoms with E-state index in [-0.39, 0.29) is 0 Å². The van der Waals surface area contributed by atoms with Gasteiger partial charge in [0.1, 0.15) is 0 Å². The zero-order valence-electron chi connectivity index (χ0n) is 11.7. The third-order valence-corrected chi connectivity index (χ3v) is 4.08. The number of aromatic nitrogens is 3. The van der Waals surface area contributed by atoms with Crippen LogP contribution in [0.15, 0.2) is 30.3 Å². The van der Waals surface area contributed by atoms with Crippen molar-refractivity contribution in [3.8, 4) is 11.4 Å². The quantitative estimate of drug-likeness (QED) is 0.800. The highest BCUT2D eigenvalue weighted by Crippen LogP contribution is 2.31. The maximum atomic E-state index is 6.24. The molecule has 3 nitrogen and oxygen atoms in total. The molecular formula is C15H20ClN3. The predicted molar refractivity (Wildman–Crippen MR) is 79.3 cm³/mol. The summed E-state index contributed by atoms with van der Waals surface area (Å²) in [5.41, 5.74) is 1.06. The van der Waals surface area contributed by atoms with Gasteiger partial charge in [-0.2, -0.15) is 0 Å². The van der Waals surface area contributed by atoms with Crippen LogP contribution in [-0.4, -0.2) is 14.8 Å². The SMILES string of the molecule is CCC(CC)C(C)n1c(Cl)nnc1-c1ccccc1. The molecule has 19 heavy (non-hydrogen) atoms. The molecule has 1 aromatic heterocycles. The molecule has 0 bridgehead atoms. The highest BCUT2D eigenvalue weighted by Gasteiger charge is 2.22. The Bertz CT molecular complexity index is 517. The van der Waals surface area contributed by atoms with Crippen LogP contribution in [-0.2, 0) is 0 Å². The molecule has 1 aromatic carbocycles. The van der Waals surface area contributed by atoms with Crippen molar-refractivity contribution in [2.45, 2.75) is 39.7 Å². The van der Waals surface area contributed by atoms with E-state index in [9.17, 15) is 0 Å². The lowest BCUT2D eigenvalue weighted by Gasteiger charge is -2.24. The molecule has 0 amide bonds. The molecule has 1 heterocycles. The highest BCUT2D eigenvalue weighted by atomic mass is 35.5. The molecule has 0 radical (unpaired) electrons. The van der Waals surface area contributed by atoms with Crippen molar-refractivity contribution < 1.29 is 0 Å². The van der Waals surface area contributed by atoms with Crippen LogP contribution in [0.5, 0.6) is 0 Å². The minimum Gasteiger partial charge on any atom is -0.295 e. The third kappa shape index (κ3) is 2.81. The van der Waals surface area contributed by atoms with E-state index in [1.165, 1.54) is 0 Å². The maximum absolute atomic E-state index is 6.24. The van der Waals surface area contributed by atoms with E-state index < -0.39 is 0 Å². The second-order valence-electron chi connectivity index (χ2n) is 4.85. The first-order valence-electron chi connectivity index (χ1n) is 6.84. The van der Waals surface area contributed by atoms with Gasteiger partial charge in [0, 0.05) is 11.6 Å². The standard InChI is InChI=1S/C15H20ClN3/c1-4-12(5-2)11(3)19-14(17-18-15(19)16)13-9-7-6-8-10-13/h6-12H,4-5H2,1-3H3. The molecule has 0 aliphatic carbocycles. The fraction of sp³-hybridized carbons (Fsp3) is 0.467. The van der Waals surface area contributed by atoms with Crippen molar-refractivity contribution in [1.29, 1.82) is 0 Å². The van der Waals surface area contributed by atoms with Gasteiger partial charge in [0.15, 0.2) is 5.82 Å². The second kappa shape index (κ2) is 6.20. The molecule has 2 rings (SSSR count). The summed E-state index contributed by atoms with van der Waals surface area (Å²) in [5, 5.41) is 8.75. The first-order valence-corrected chi connectivity index (χ1v) is 7.22. The molecule has 1 atom stereocenters. The summed E-state index contributed by atoms with van der Waals surface area (Å²) in [5.74, 6) is 1.43. The zero-order valence-corrected chi connectivity index (χ0v) is 12.4. The molecule has 102 valence electrons. The second-order valence-corrected chi connectivity index (χ2v) is 5.18. The van der Waals surface area contributed by atoms with Crippen molar-refractivity contribution in [3.63, 3.8) is 0 Å². The summed E-state index contributed by atoms with van der Waals surface area (Å²) in [6, 6.07) is 10.4. The van der Waals surface area contributed by atoms with Crippen molar-refractivity contribution in [2.24, 2.45) is 5.92 Å². The van der Waals surface area contributed by atoms with Crippen LogP contribution in [0.25, 0.3) is 11.4 Å². The molecule has 0 fully saturated rings. The van der Waals surface area contributed by atoms with Gasteiger partial charge in [-0.3, -0.25) is 4.57 Å². The number of rotatable bonds is 5. The van der Waals surface area contributed by atoms with Crippen LogP contribution in [0.3, 0.4) is 0 Å². The minimum atomic E-state index is 0.299. The van der Waals surface area contributed by atoms with Crippen LogP contribution < -0.4 is 0 Å². The highest BCUT2D eigenvalue weighted by molar-refractivity contribution is 6.28. The van der Waals surface area contributed by atoms with Crippen LogP contribution in [0.4, 0.5) is 0 Å². The monoisotopic (exact) mass is 277 g/mol. The van der Waals surface area contributed by atoms with Gasteiger partial charge in [0.2, 0.25) is 5.28 Å². The smallest absolute Gasteiger partial charge is 0.225 e. The van der Waals surface area contributed by atoms with Crippen molar-refractivity contribution in [1.82, 2.24) is 14.8 Å². The number of nitrogens with zero attached hydrogens (tertiary/aromatic N) is 3. The third-order valence-electron chi connectivity index (χ3n) is 3.82. The molecule has 0 saturated heterocycles. The van der Waals surface area contributed by atoms with Gasteiger partial charge in [0.25, 0.3) is 0 Å². The Kier molecular flexibility index (Phi) is 4.59. The zero-order chi connectivity index (χ0) is 13.8. The van der Waals surface area contributed by atoms with Crippen molar-refractivity contribution in [2.75, 3.05) is 0 Å². The summed E-state index contributed by atoms with van der Waals surface area (Å²) >= 11 is 6.24. The lowest BCUT2D eigenvalue weighted by atomic mass is 9.95. The van der Waals surface area contributed by atoms with Crippen LogP contribution in [0.2, 0.25) is 5.28 Å². The Morgan fingerprint density at radius 3 is 2.32 bits per heavy atom. The van der Waals surface area contributed by atoms with E-state index in [0.29, 0.717) is 17.2 Å². The Hall–Kier alpha value is -1.35. The lowest BCUT2D eigenvalue weighted by molar-refractivity contribution is 0.335. The fourth-order valence-corrected chi connectivity index (χ4v) is 2.87. The topological polar surface area (TPSA) is 30.7 Å². The minimum absolute atomic E-state index is 0.299. The van der Waals surface area contributed by atoms with E-state index in [1.807, 2.05) is 30.3 Å². The Balaban J connectivity index is 2.43. The summed E-state index contributed by atoms with van der Waals surface area (Å²) in [7, 11) is 0. The molecule has 0 spiro atoms. The Morgan fingerprint density at radius 2 is 1.74 bits per heavy atom.